The number of H-pyrrole nitrogens is 1. The summed E-state index contributed by atoms with van der Waals surface area (Å²) in [6, 6.07) is 1.57. The van der Waals surface area contributed by atoms with E-state index in [1.165, 1.54) is 25.7 Å². The number of rotatable bonds is 4. The molecular formula is C14H21N3O. The summed E-state index contributed by atoms with van der Waals surface area (Å²) in [5, 5.41) is 3.36. The van der Waals surface area contributed by atoms with Crippen LogP contribution in [0.2, 0.25) is 0 Å². The molecule has 2 aliphatic carbocycles. The van der Waals surface area contributed by atoms with Gasteiger partial charge in [0.15, 0.2) is 0 Å². The standard InChI is InChI=1S/C14H21N3O/c1-14(6-2-3-7-14)9-15-11-8-12(18)17-13(16-11)10-4-5-10/h8,10H,2-7,9H2,1H3,(H2,15,16,17,18). The number of hydrogen-bond donors (Lipinski definition) is 2. The largest absolute Gasteiger partial charge is 0.369 e. The van der Waals surface area contributed by atoms with Crippen molar-refractivity contribution in [2.75, 3.05) is 11.9 Å². The lowest BCUT2D eigenvalue weighted by Gasteiger charge is -2.24. The van der Waals surface area contributed by atoms with Crippen molar-refractivity contribution in [1.29, 1.82) is 0 Å². The molecule has 2 saturated carbocycles. The first-order valence-electron chi connectivity index (χ1n) is 7.00. The molecule has 1 aromatic rings. The average molecular weight is 247 g/mol. The van der Waals surface area contributed by atoms with E-state index in [0.29, 0.717) is 11.3 Å². The fourth-order valence-electron chi connectivity index (χ4n) is 2.83. The number of hydrogen-bond acceptors (Lipinski definition) is 3. The van der Waals surface area contributed by atoms with E-state index in [-0.39, 0.29) is 5.56 Å². The summed E-state index contributed by atoms with van der Waals surface area (Å²) >= 11 is 0. The van der Waals surface area contributed by atoms with Crippen LogP contribution in [-0.4, -0.2) is 16.5 Å². The first-order chi connectivity index (χ1) is 8.65. The zero-order valence-electron chi connectivity index (χ0n) is 11.0. The summed E-state index contributed by atoms with van der Waals surface area (Å²) in [7, 11) is 0. The van der Waals surface area contributed by atoms with E-state index in [1.54, 1.807) is 6.07 Å². The Balaban J connectivity index is 1.70. The van der Waals surface area contributed by atoms with Gasteiger partial charge in [0, 0.05) is 18.5 Å². The summed E-state index contributed by atoms with van der Waals surface area (Å²) < 4.78 is 0. The van der Waals surface area contributed by atoms with Crippen LogP contribution in [-0.2, 0) is 0 Å². The van der Waals surface area contributed by atoms with Gasteiger partial charge in [0.05, 0.1) is 0 Å². The molecular weight excluding hydrogens is 226 g/mol. The fraction of sp³-hybridized carbons (Fsp3) is 0.714. The quantitative estimate of drug-likeness (QED) is 0.860. The molecule has 3 rings (SSSR count). The smallest absolute Gasteiger partial charge is 0.252 e. The highest BCUT2D eigenvalue weighted by Crippen LogP contribution is 2.38. The van der Waals surface area contributed by atoms with E-state index in [1.807, 2.05) is 0 Å². The minimum Gasteiger partial charge on any atom is -0.369 e. The van der Waals surface area contributed by atoms with E-state index in [0.717, 1.165) is 31.0 Å². The van der Waals surface area contributed by atoms with Gasteiger partial charge in [-0.05, 0) is 31.1 Å². The highest BCUT2D eigenvalue weighted by Gasteiger charge is 2.29. The van der Waals surface area contributed by atoms with Gasteiger partial charge in [0.1, 0.15) is 11.6 Å². The minimum atomic E-state index is -0.0361. The van der Waals surface area contributed by atoms with Crippen LogP contribution in [0.25, 0.3) is 0 Å². The predicted octanol–water partition coefficient (Wildman–Crippen LogP) is 2.64. The van der Waals surface area contributed by atoms with Gasteiger partial charge in [0.2, 0.25) is 0 Å². The number of aromatic amines is 1. The summed E-state index contributed by atoms with van der Waals surface area (Å²) in [5.74, 6) is 2.09. The van der Waals surface area contributed by atoms with Crippen molar-refractivity contribution in [2.24, 2.45) is 5.41 Å². The van der Waals surface area contributed by atoms with Crippen molar-refractivity contribution in [1.82, 2.24) is 9.97 Å². The van der Waals surface area contributed by atoms with Crippen molar-refractivity contribution in [3.8, 4) is 0 Å². The molecule has 2 fully saturated rings. The van der Waals surface area contributed by atoms with Gasteiger partial charge >= 0.3 is 0 Å². The monoisotopic (exact) mass is 247 g/mol. The SMILES string of the molecule is CC1(CNc2cc(=O)[nH]c(C3CC3)n2)CCCC1. The van der Waals surface area contributed by atoms with Crippen LogP contribution in [0, 0.1) is 5.41 Å². The Morgan fingerprint density at radius 2 is 2.17 bits per heavy atom. The number of anilines is 1. The Labute approximate surface area is 107 Å². The molecule has 0 aliphatic heterocycles. The van der Waals surface area contributed by atoms with Gasteiger partial charge in [-0.1, -0.05) is 19.8 Å². The van der Waals surface area contributed by atoms with Crippen molar-refractivity contribution in [3.63, 3.8) is 0 Å². The van der Waals surface area contributed by atoms with E-state index >= 15 is 0 Å². The van der Waals surface area contributed by atoms with Crippen LogP contribution in [0.15, 0.2) is 10.9 Å². The van der Waals surface area contributed by atoms with Crippen LogP contribution in [0.5, 0.6) is 0 Å². The lowest BCUT2D eigenvalue weighted by Crippen LogP contribution is -2.24. The lowest BCUT2D eigenvalue weighted by atomic mass is 9.89. The summed E-state index contributed by atoms with van der Waals surface area (Å²) in [5.41, 5.74) is 0.343. The zero-order valence-corrected chi connectivity index (χ0v) is 11.0. The topological polar surface area (TPSA) is 57.8 Å². The predicted molar refractivity (Wildman–Crippen MR) is 71.9 cm³/mol. The zero-order chi connectivity index (χ0) is 12.6. The molecule has 0 radical (unpaired) electrons. The van der Waals surface area contributed by atoms with Crippen molar-refractivity contribution >= 4 is 5.82 Å². The van der Waals surface area contributed by atoms with Gasteiger partial charge in [-0.3, -0.25) is 4.79 Å². The van der Waals surface area contributed by atoms with Crippen molar-refractivity contribution in [2.45, 2.75) is 51.4 Å². The van der Waals surface area contributed by atoms with Gasteiger partial charge in [-0.15, -0.1) is 0 Å². The van der Waals surface area contributed by atoms with Gasteiger partial charge in [-0.2, -0.15) is 0 Å². The summed E-state index contributed by atoms with van der Waals surface area (Å²) in [4.78, 5) is 18.9. The maximum Gasteiger partial charge on any atom is 0.252 e. The molecule has 4 nitrogen and oxygen atoms in total. The molecule has 4 heteroatoms. The molecule has 0 atom stereocenters. The van der Waals surface area contributed by atoms with Crippen LogP contribution < -0.4 is 10.9 Å². The van der Waals surface area contributed by atoms with Crippen LogP contribution in [0.1, 0.15) is 57.2 Å². The molecule has 0 spiro atoms. The third kappa shape index (κ3) is 2.57. The third-order valence-corrected chi connectivity index (χ3v) is 4.23. The number of nitrogens with one attached hydrogen (secondary N) is 2. The molecule has 98 valence electrons. The Kier molecular flexibility index (Phi) is 2.88. The average Bonchev–Trinajstić information content (AvgIpc) is 3.10. The fourth-order valence-corrected chi connectivity index (χ4v) is 2.83. The Morgan fingerprint density at radius 1 is 1.44 bits per heavy atom. The molecule has 0 unspecified atom stereocenters. The summed E-state index contributed by atoms with van der Waals surface area (Å²) in [6.45, 7) is 3.25. The molecule has 1 aromatic heterocycles. The van der Waals surface area contributed by atoms with E-state index in [9.17, 15) is 4.79 Å². The van der Waals surface area contributed by atoms with Crippen LogP contribution >= 0.6 is 0 Å². The molecule has 2 aliphatic rings. The Hall–Kier alpha value is -1.32. The second kappa shape index (κ2) is 4.41. The molecule has 2 N–H and O–H groups in total. The second-order valence-corrected chi connectivity index (χ2v) is 6.16. The highest BCUT2D eigenvalue weighted by atomic mass is 16.1. The van der Waals surface area contributed by atoms with E-state index in [4.69, 9.17) is 0 Å². The highest BCUT2D eigenvalue weighted by molar-refractivity contribution is 5.34. The summed E-state index contributed by atoms with van der Waals surface area (Å²) in [6.07, 6.45) is 7.52. The molecule has 0 bridgehead atoms. The van der Waals surface area contributed by atoms with Crippen LogP contribution in [0.4, 0.5) is 5.82 Å². The molecule has 0 amide bonds. The molecule has 0 saturated heterocycles. The van der Waals surface area contributed by atoms with E-state index in [2.05, 4.69) is 22.2 Å². The molecule has 0 aromatic carbocycles. The normalized spacial score (nSPS) is 22.1. The molecule has 18 heavy (non-hydrogen) atoms. The molecule has 1 heterocycles. The second-order valence-electron chi connectivity index (χ2n) is 6.16. The van der Waals surface area contributed by atoms with E-state index < -0.39 is 0 Å². The van der Waals surface area contributed by atoms with Gasteiger partial charge in [-0.25, -0.2) is 4.98 Å². The lowest BCUT2D eigenvalue weighted by molar-refractivity contribution is 0.361. The Morgan fingerprint density at radius 3 is 2.83 bits per heavy atom. The third-order valence-electron chi connectivity index (χ3n) is 4.23. The maximum atomic E-state index is 11.6. The minimum absolute atomic E-state index is 0.0361. The van der Waals surface area contributed by atoms with Gasteiger partial charge < -0.3 is 10.3 Å². The Bertz CT molecular complexity index is 484. The first kappa shape index (κ1) is 11.8. The maximum absolute atomic E-state index is 11.6. The number of nitrogens with zero attached hydrogens (tertiary/aromatic N) is 1. The van der Waals surface area contributed by atoms with Crippen LogP contribution in [0.3, 0.4) is 0 Å². The van der Waals surface area contributed by atoms with Crippen molar-refractivity contribution < 1.29 is 0 Å². The van der Waals surface area contributed by atoms with Gasteiger partial charge in [0.25, 0.3) is 5.56 Å². The van der Waals surface area contributed by atoms with Crippen molar-refractivity contribution in [3.05, 3.63) is 22.2 Å². The number of aromatic nitrogens is 2. The first-order valence-corrected chi connectivity index (χ1v) is 7.00.